The number of aliphatic carboxylic acids is 1. The van der Waals surface area contributed by atoms with Crippen LogP contribution in [0.25, 0.3) is 0 Å². The number of carboxylic acids is 1. The molecular weight excluding hydrogens is 292 g/mol. The van der Waals surface area contributed by atoms with E-state index in [1.807, 2.05) is 6.07 Å². The average molecular weight is 309 g/mol. The van der Waals surface area contributed by atoms with Gasteiger partial charge in [-0.25, -0.2) is 0 Å². The Morgan fingerprint density at radius 3 is 2.33 bits per heavy atom. The number of ether oxygens (including phenoxy) is 2. The molecule has 0 aromatic heterocycles. The highest BCUT2D eigenvalue weighted by Crippen LogP contribution is 2.56. The Balaban J connectivity index is 1.69. The van der Waals surface area contributed by atoms with Crippen LogP contribution in [-0.4, -0.2) is 16.9 Å². The van der Waals surface area contributed by atoms with Crippen molar-refractivity contribution >= 4 is 17.6 Å². The summed E-state index contributed by atoms with van der Waals surface area (Å²) in [7, 11) is 0. The van der Waals surface area contributed by atoms with Gasteiger partial charge in [0.2, 0.25) is 0 Å². The maximum absolute atomic E-state index is 11.1. The third kappa shape index (κ3) is 2.08. The van der Waals surface area contributed by atoms with Crippen LogP contribution in [0.15, 0.2) is 12.1 Å². The molecule has 2 fully saturated rings. The average Bonchev–Trinajstić information content (AvgIpc) is 2.91. The zero-order valence-corrected chi connectivity index (χ0v) is 12.4. The van der Waals surface area contributed by atoms with E-state index < -0.39 is 11.8 Å². The molecule has 2 saturated carbocycles. The van der Waals surface area contributed by atoms with Gasteiger partial charge < -0.3 is 14.6 Å². The van der Waals surface area contributed by atoms with Crippen LogP contribution < -0.4 is 9.47 Å². The van der Waals surface area contributed by atoms with Gasteiger partial charge >= 0.3 is 5.97 Å². The van der Waals surface area contributed by atoms with Crippen LogP contribution in [0.5, 0.6) is 11.5 Å². The summed E-state index contributed by atoms with van der Waals surface area (Å²) in [6.45, 7) is 0. The van der Waals surface area contributed by atoms with E-state index in [-0.39, 0.29) is 11.8 Å². The highest BCUT2D eigenvalue weighted by Gasteiger charge is 2.49. The van der Waals surface area contributed by atoms with E-state index in [2.05, 4.69) is 0 Å². The van der Waals surface area contributed by atoms with Gasteiger partial charge in [-0.2, -0.15) is 0 Å². The van der Waals surface area contributed by atoms with Crippen LogP contribution in [0.3, 0.4) is 0 Å². The molecule has 4 rings (SSSR count). The zero-order valence-electron chi connectivity index (χ0n) is 11.7. The van der Waals surface area contributed by atoms with Crippen LogP contribution in [0, 0.1) is 0 Å². The zero-order chi connectivity index (χ0) is 14.7. The van der Waals surface area contributed by atoms with Crippen LogP contribution in [0.4, 0.5) is 0 Å². The van der Waals surface area contributed by atoms with Crippen molar-refractivity contribution in [2.75, 3.05) is 0 Å². The Hall–Kier alpha value is -1.42. The lowest BCUT2D eigenvalue weighted by molar-refractivity contribution is -0.137. The molecule has 0 radical (unpaired) electrons. The minimum Gasteiger partial charge on any atom is -0.481 e. The molecule has 21 heavy (non-hydrogen) atoms. The second-order valence-electron chi connectivity index (χ2n) is 6.45. The number of fused-ring (bicyclic) bond motifs is 1. The van der Waals surface area contributed by atoms with Gasteiger partial charge in [0.25, 0.3) is 5.79 Å². The Kier molecular flexibility index (Phi) is 2.71. The normalized spacial score (nSPS) is 23.5. The highest BCUT2D eigenvalue weighted by atomic mass is 35.5. The first kappa shape index (κ1) is 13.3. The monoisotopic (exact) mass is 308 g/mol. The summed E-state index contributed by atoms with van der Waals surface area (Å²) in [5, 5.41) is 9.69. The van der Waals surface area contributed by atoms with E-state index in [0.717, 1.165) is 44.1 Å². The Morgan fingerprint density at radius 1 is 1.14 bits per heavy atom. The van der Waals surface area contributed by atoms with Crippen LogP contribution in [-0.2, 0) is 10.2 Å². The van der Waals surface area contributed by atoms with Crippen molar-refractivity contribution in [2.24, 2.45) is 0 Å². The fourth-order valence-corrected chi connectivity index (χ4v) is 3.98. The van der Waals surface area contributed by atoms with Crippen molar-refractivity contribution in [2.45, 2.75) is 56.1 Å². The van der Waals surface area contributed by atoms with Gasteiger partial charge in [0.05, 0.1) is 6.42 Å². The molecule has 1 N–H and O–H groups in total. The molecule has 0 amide bonds. The van der Waals surface area contributed by atoms with Crippen molar-refractivity contribution in [3.05, 3.63) is 22.7 Å². The van der Waals surface area contributed by atoms with Gasteiger partial charge in [0, 0.05) is 29.3 Å². The van der Waals surface area contributed by atoms with Crippen molar-refractivity contribution in [1.82, 2.24) is 0 Å². The van der Waals surface area contributed by atoms with E-state index >= 15 is 0 Å². The van der Waals surface area contributed by atoms with Gasteiger partial charge in [-0.3, -0.25) is 4.79 Å². The molecule has 2 aliphatic carbocycles. The number of benzene rings is 1. The summed E-state index contributed by atoms with van der Waals surface area (Å²) >= 11 is 6.38. The van der Waals surface area contributed by atoms with Gasteiger partial charge in [-0.15, -0.1) is 0 Å². The number of hydrogen-bond donors (Lipinski definition) is 1. The summed E-state index contributed by atoms with van der Waals surface area (Å²) in [6, 6.07) is 3.70. The fourth-order valence-electron chi connectivity index (χ4n) is 3.62. The Bertz CT molecular complexity index is 615. The van der Waals surface area contributed by atoms with Crippen molar-refractivity contribution in [3.63, 3.8) is 0 Å². The molecule has 1 aromatic carbocycles. The molecule has 4 nitrogen and oxygen atoms in total. The predicted molar refractivity (Wildman–Crippen MR) is 77.1 cm³/mol. The molecule has 1 aromatic rings. The minimum absolute atomic E-state index is 0.123. The Morgan fingerprint density at radius 2 is 1.76 bits per heavy atom. The second kappa shape index (κ2) is 4.29. The molecule has 1 heterocycles. The molecule has 0 atom stereocenters. The lowest BCUT2D eigenvalue weighted by atomic mass is 9.92. The van der Waals surface area contributed by atoms with E-state index in [1.165, 1.54) is 0 Å². The van der Waals surface area contributed by atoms with Gasteiger partial charge in [0.1, 0.15) is 0 Å². The molecule has 0 saturated heterocycles. The number of hydrogen-bond acceptors (Lipinski definition) is 3. The molecule has 3 aliphatic rings. The number of rotatable bonds is 3. The number of carboxylic acid groups (broad SMARTS) is 1. The first-order chi connectivity index (χ1) is 10.0. The standard InChI is InChI=1S/C16H17ClO4/c17-11-8-13-12(20-16(21-13)3-1-2-4-16)7-10(11)15(5-6-15)9-14(18)19/h7-8H,1-6,9H2,(H,18,19). The SMILES string of the molecule is O=C(O)CC1(c2cc3c(cc2Cl)OC2(CCCC2)O3)CC1. The van der Waals surface area contributed by atoms with E-state index in [1.54, 1.807) is 6.07 Å². The maximum Gasteiger partial charge on any atom is 0.304 e. The summed E-state index contributed by atoms with van der Waals surface area (Å²) in [5.41, 5.74) is 0.580. The highest BCUT2D eigenvalue weighted by molar-refractivity contribution is 6.31. The predicted octanol–water partition coefficient (Wildman–Crippen LogP) is 3.89. The first-order valence-corrected chi connectivity index (χ1v) is 7.84. The molecule has 0 bridgehead atoms. The maximum atomic E-state index is 11.1. The topological polar surface area (TPSA) is 55.8 Å². The summed E-state index contributed by atoms with van der Waals surface area (Å²) in [6.07, 6.45) is 5.87. The van der Waals surface area contributed by atoms with Crippen molar-refractivity contribution in [1.29, 1.82) is 0 Å². The van der Waals surface area contributed by atoms with Crippen LogP contribution in [0.2, 0.25) is 5.02 Å². The fraction of sp³-hybridized carbons (Fsp3) is 0.562. The molecule has 1 spiro atoms. The van der Waals surface area contributed by atoms with E-state index in [0.29, 0.717) is 16.5 Å². The first-order valence-electron chi connectivity index (χ1n) is 7.46. The summed E-state index contributed by atoms with van der Waals surface area (Å²) in [5.74, 6) is 0.117. The molecule has 5 heteroatoms. The number of carbonyl (C=O) groups is 1. The summed E-state index contributed by atoms with van der Waals surface area (Å²) in [4.78, 5) is 11.1. The summed E-state index contributed by atoms with van der Waals surface area (Å²) < 4.78 is 12.0. The smallest absolute Gasteiger partial charge is 0.304 e. The largest absolute Gasteiger partial charge is 0.481 e. The van der Waals surface area contributed by atoms with Crippen LogP contribution in [0.1, 0.15) is 50.5 Å². The van der Waals surface area contributed by atoms with Crippen molar-refractivity contribution < 1.29 is 19.4 Å². The second-order valence-corrected chi connectivity index (χ2v) is 6.86. The molecule has 0 unspecified atom stereocenters. The van der Waals surface area contributed by atoms with E-state index in [9.17, 15) is 4.79 Å². The molecule has 1 aliphatic heterocycles. The minimum atomic E-state index is -0.784. The molecule has 112 valence electrons. The van der Waals surface area contributed by atoms with Gasteiger partial charge in [-0.1, -0.05) is 11.6 Å². The van der Waals surface area contributed by atoms with E-state index in [4.69, 9.17) is 26.2 Å². The number of halogens is 1. The Labute approximate surface area is 128 Å². The quantitative estimate of drug-likeness (QED) is 0.920. The van der Waals surface area contributed by atoms with Crippen LogP contribution >= 0.6 is 11.6 Å². The lowest BCUT2D eigenvalue weighted by Crippen LogP contribution is -2.34. The third-order valence-electron chi connectivity index (χ3n) is 4.91. The van der Waals surface area contributed by atoms with Gasteiger partial charge in [0.15, 0.2) is 11.5 Å². The lowest BCUT2D eigenvalue weighted by Gasteiger charge is -2.21. The van der Waals surface area contributed by atoms with Gasteiger partial charge in [-0.05, 0) is 37.3 Å². The molecular formula is C16H17ClO4. The van der Waals surface area contributed by atoms with Crippen molar-refractivity contribution in [3.8, 4) is 11.5 Å². The third-order valence-corrected chi connectivity index (χ3v) is 5.22.